The van der Waals surface area contributed by atoms with Crippen LogP contribution in [0.25, 0.3) is 0 Å². The molecule has 0 aliphatic carbocycles. The Labute approximate surface area is 100 Å². The number of benzene rings is 1. The Bertz CT molecular complexity index is 512. The van der Waals surface area contributed by atoms with E-state index in [0.717, 1.165) is 27.4 Å². The predicted octanol–water partition coefficient (Wildman–Crippen LogP) is 2.17. The lowest BCUT2D eigenvalue weighted by atomic mass is 10.3. The Morgan fingerprint density at radius 3 is 2.62 bits per heavy atom. The molecular formula is C10H7N3OS2. The van der Waals surface area contributed by atoms with Gasteiger partial charge >= 0.3 is 0 Å². The lowest BCUT2D eigenvalue weighted by Crippen LogP contribution is -2.19. The van der Waals surface area contributed by atoms with E-state index in [1.54, 1.807) is 0 Å². The molecule has 0 radical (unpaired) electrons. The molecule has 0 aromatic heterocycles. The first-order valence-corrected chi connectivity index (χ1v) is 6.23. The monoisotopic (exact) mass is 249 g/mol. The number of para-hydroxylation sites is 1. The molecule has 1 saturated heterocycles. The number of amides is 1. The van der Waals surface area contributed by atoms with Gasteiger partial charge in [-0.05, 0) is 23.9 Å². The largest absolute Gasteiger partial charge is 0.348 e. The standard InChI is InChI=1S/C10H7N3OS2/c11-10-13-8(14)7(16-10)9-12-5-3-1-2-4-6(5)15-9/h1-4,12H,(H2,11,13,14)/b9-7-. The van der Waals surface area contributed by atoms with E-state index >= 15 is 0 Å². The van der Waals surface area contributed by atoms with Gasteiger partial charge in [-0.25, -0.2) is 0 Å². The molecule has 6 heteroatoms. The molecule has 2 aliphatic rings. The zero-order chi connectivity index (χ0) is 11.1. The Kier molecular flexibility index (Phi) is 2.19. The molecule has 16 heavy (non-hydrogen) atoms. The van der Waals surface area contributed by atoms with Crippen molar-refractivity contribution in [3.63, 3.8) is 0 Å². The molecule has 80 valence electrons. The molecule has 1 aromatic carbocycles. The molecule has 2 heterocycles. The number of hydrogen-bond donors (Lipinski definition) is 3. The van der Waals surface area contributed by atoms with Gasteiger partial charge in [0.05, 0.1) is 10.7 Å². The Hall–Kier alpha value is -1.40. The van der Waals surface area contributed by atoms with E-state index in [2.05, 4.69) is 10.6 Å². The summed E-state index contributed by atoms with van der Waals surface area (Å²) in [4.78, 5) is 13.2. The van der Waals surface area contributed by atoms with Crippen molar-refractivity contribution in [3.05, 3.63) is 34.2 Å². The van der Waals surface area contributed by atoms with Crippen molar-refractivity contribution in [3.8, 4) is 0 Å². The second kappa shape index (κ2) is 3.57. The molecule has 2 aliphatic heterocycles. The number of fused-ring (bicyclic) bond motifs is 1. The Balaban J connectivity index is 1.99. The summed E-state index contributed by atoms with van der Waals surface area (Å²) < 4.78 is 0. The number of carbonyl (C=O) groups excluding carboxylic acids is 1. The summed E-state index contributed by atoms with van der Waals surface area (Å²) in [5.74, 6) is -0.196. The molecule has 1 fully saturated rings. The normalized spacial score (nSPS) is 23.0. The van der Waals surface area contributed by atoms with Crippen LogP contribution in [0.4, 0.5) is 5.69 Å². The molecule has 3 rings (SSSR count). The van der Waals surface area contributed by atoms with Crippen LogP contribution in [0.5, 0.6) is 0 Å². The summed E-state index contributed by atoms with van der Waals surface area (Å²) in [7, 11) is 0. The Morgan fingerprint density at radius 1 is 1.12 bits per heavy atom. The highest BCUT2D eigenvalue weighted by molar-refractivity contribution is 8.19. The Morgan fingerprint density at radius 2 is 1.94 bits per heavy atom. The minimum atomic E-state index is -0.196. The van der Waals surface area contributed by atoms with Gasteiger partial charge in [0, 0.05) is 4.90 Å². The first kappa shape index (κ1) is 9.80. The van der Waals surface area contributed by atoms with Crippen LogP contribution in [0.3, 0.4) is 0 Å². The topological polar surface area (TPSA) is 65.0 Å². The van der Waals surface area contributed by atoms with Crippen LogP contribution < -0.4 is 10.6 Å². The van der Waals surface area contributed by atoms with Crippen molar-refractivity contribution in [1.82, 2.24) is 5.32 Å². The molecule has 3 N–H and O–H groups in total. The van der Waals surface area contributed by atoms with Gasteiger partial charge in [-0.2, -0.15) is 0 Å². The van der Waals surface area contributed by atoms with Crippen molar-refractivity contribution in [2.24, 2.45) is 0 Å². The number of amidine groups is 1. The van der Waals surface area contributed by atoms with E-state index in [9.17, 15) is 4.79 Å². The van der Waals surface area contributed by atoms with Crippen molar-refractivity contribution >= 4 is 40.3 Å². The van der Waals surface area contributed by atoms with Crippen LogP contribution in [-0.4, -0.2) is 11.1 Å². The third-order valence-electron chi connectivity index (χ3n) is 2.19. The highest BCUT2D eigenvalue weighted by Crippen LogP contribution is 2.44. The number of rotatable bonds is 0. The number of thioether (sulfide) groups is 2. The molecule has 0 bridgehead atoms. The lowest BCUT2D eigenvalue weighted by Gasteiger charge is -1.99. The average Bonchev–Trinajstić information content (AvgIpc) is 2.81. The van der Waals surface area contributed by atoms with Crippen LogP contribution in [-0.2, 0) is 4.79 Å². The van der Waals surface area contributed by atoms with E-state index in [1.165, 1.54) is 11.8 Å². The van der Waals surface area contributed by atoms with E-state index in [1.807, 2.05) is 24.3 Å². The molecule has 1 amide bonds. The molecule has 4 nitrogen and oxygen atoms in total. The average molecular weight is 249 g/mol. The zero-order valence-corrected chi connectivity index (χ0v) is 9.67. The van der Waals surface area contributed by atoms with Crippen molar-refractivity contribution in [2.45, 2.75) is 4.90 Å². The van der Waals surface area contributed by atoms with Crippen molar-refractivity contribution in [2.75, 3.05) is 5.32 Å². The smallest absolute Gasteiger partial charge is 0.266 e. The third kappa shape index (κ3) is 1.50. The van der Waals surface area contributed by atoms with E-state index in [-0.39, 0.29) is 11.1 Å². The molecular weight excluding hydrogens is 242 g/mol. The van der Waals surface area contributed by atoms with E-state index in [0.29, 0.717) is 4.91 Å². The second-order valence-corrected chi connectivity index (χ2v) is 5.34. The maximum Gasteiger partial charge on any atom is 0.266 e. The van der Waals surface area contributed by atoms with E-state index in [4.69, 9.17) is 5.41 Å². The van der Waals surface area contributed by atoms with Gasteiger partial charge in [0.2, 0.25) is 0 Å². The third-order valence-corrected chi connectivity index (χ3v) is 4.31. The predicted molar refractivity (Wildman–Crippen MR) is 66.4 cm³/mol. The summed E-state index contributed by atoms with van der Waals surface area (Å²) >= 11 is 2.69. The fourth-order valence-electron chi connectivity index (χ4n) is 1.50. The van der Waals surface area contributed by atoms with Crippen LogP contribution >= 0.6 is 23.5 Å². The maximum absolute atomic E-state index is 11.5. The highest BCUT2D eigenvalue weighted by atomic mass is 32.2. The first-order chi connectivity index (χ1) is 7.74. The molecule has 1 aromatic rings. The van der Waals surface area contributed by atoms with Crippen molar-refractivity contribution in [1.29, 1.82) is 5.41 Å². The maximum atomic E-state index is 11.5. The number of carbonyl (C=O) groups is 1. The van der Waals surface area contributed by atoms with Gasteiger partial charge in [0.25, 0.3) is 5.91 Å². The molecule has 0 spiro atoms. The lowest BCUT2D eigenvalue weighted by molar-refractivity contribution is -0.115. The van der Waals surface area contributed by atoms with Crippen molar-refractivity contribution < 1.29 is 4.79 Å². The SMILES string of the molecule is N=C1NC(=O)/C(=C2\Nc3ccccc3S2)S1. The van der Waals surface area contributed by atoms with Gasteiger partial charge < -0.3 is 10.6 Å². The number of hydrogen-bond acceptors (Lipinski definition) is 5. The first-order valence-electron chi connectivity index (χ1n) is 4.60. The number of nitrogens with one attached hydrogen (secondary N) is 3. The van der Waals surface area contributed by atoms with Crippen LogP contribution in [0.2, 0.25) is 0 Å². The highest BCUT2D eigenvalue weighted by Gasteiger charge is 2.29. The summed E-state index contributed by atoms with van der Waals surface area (Å²) in [5.41, 5.74) is 1.02. The summed E-state index contributed by atoms with van der Waals surface area (Å²) in [6.45, 7) is 0. The molecule has 0 unspecified atom stereocenters. The fourth-order valence-corrected chi connectivity index (χ4v) is 3.33. The molecule has 0 saturated carbocycles. The second-order valence-electron chi connectivity index (χ2n) is 3.27. The minimum absolute atomic E-state index is 0.186. The summed E-state index contributed by atoms with van der Waals surface area (Å²) in [6, 6.07) is 7.89. The van der Waals surface area contributed by atoms with Crippen LogP contribution in [0.15, 0.2) is 39.1 Å². The quantitative estimate of drug-likeness (QED) is 0.617. The fraction of sp³-hybridized carbons (Fsp3) is 0. The zero-order valence-electron chi connectivity index (χ0n) is 8.03. The van der Waals surface area contributed by atoms with Gasteiger partial charge in [-0.15, -0.1) is 0 Å². The molecule has 0 atom stereocenters. The van der Waals surface area contributed by atoms with E-state index < -0.39 is 0 Å². The van der Waals surface area contributed by atoms with Gasteiger partial charge in [-0.3, -0.25) is 10.2 Å². The number of anilines is 1. The van der Waals surface area contributed by atoms with Crippen LogP contribution in [0, 0.1) is 5.41 Å². The van der Waals surface area contributed by atoms with Gasteiger partial charge in [0.15, 0.2) is 5.17 Å². The van der Waals surface area contributed by atoms with Crippen LogP contribution in [0.1, 0.15) is 0 Å². The summed E-state index contributed by atoms with van der Waals surface area (Å²) in [6.07, 6.45) is 0. The minimum Gasteiger partial charge on any atom is -0.348 e. The van der Waals surface area contributed by atoms with Gasteiger partial charge in [-0.1, -0.05) is 23.9 Å². The summed E-state index contributed by atoms with van der Waals surface area (Å²) in [5, 5.41) is 14.0. The van der Waals surface area contributed by atoms with Gasteiger partial charge in [0.1, 0.15) is 4.91 Å².